The first-order valence-electron chi connectivity index (χ1n) is 7.40. The van der Waals surface area contributed by atoms with Crippen LogP contribution in [0.5, 0.6) is 0 Å². The summed E-state index contributed by atoms with van der Waals surface area (Å²) < 4.78 is 4.51. The predicted octanol–water partition coefficient (Wildman–Crippen LogP) is 4.37. The minimum atomic E-state index is 0.988. The summed E-state index contributed by atoms with van der Waals surface area (Å²) in [6.07, 6.45) is 3.24. The maximum Gasteiger partial charge on any atom is 0.215 e. The van der Waals surface area contributed by atoms with Crippen molar-refractivity contribution in [1.29, 1.82) is 0 Å². The van der Waals surface area contributed by atoms with Crippen molar-refractivity contribution in [3.05, 3.63) is 60.8 Å². The summed E-state index contributed by atoms with van der Waals surface area (Å²) >= 11 is 0. The van der Waals surface area contributed by atoms with Crippen molar-refractivity contribution in [2.75, 3.05) is 0 Å². The lowest BCUT2D eigenvalue weighted by Crippen LogP contribution is -1.97. The molecule has 3 heteroatoms. The predicted molar refractivity (Wildman–Crippen MR) is 86.4 cm³/mol. The molecule has 3 nitrogen and oxygen atoms in total. The fraction of sp³-hybridized carbons (Fsp3) is 0.167. The first-order valence-corrected chi connectivity index (χ1v) is 7.40. The van der Waals surface area contributed by atoms with E-state index in [4.69, 9.17) is 4.98 Å². The Morgan fingerprint density at radius 2 is 1.62 bits per heavy atom. The van der Waals surface area contributed by atoms with E-state index in [1.54, 1.807) is 0 Å². The Bertz CT molecular complexity index is 900. The van der Waals surface area contributed by atoms with Gasteiger partial charge in [-0.05, 0) is 18.6 Å². The van der Waals surface area contributed by atoms with Gasteiger partial charge in [0.2, 0.25) is 5.78 Å². The zero-order chi connectivity index (χ0) is 14.2. The van der Waals surface area contributed by atoms with Crippen molar-refractivity contribution in [3.8, 4) is 11.3 Å². The average molecular weight is 275 g/mol. The van der Waals surface area contributed by atoms with Crippen LogP contribution in [-0.4, -0.2) is 14.0 Å². The van der Waals surface area contributed by atoms with Crippen LogP contribution in [-0.2, 0) is 6.54 Å². The zero-order valence-corrected chi connectivity index (χ0v) is 12.0. The number of nitrogens with zero attached hydrogens (tertiary/aromatic N) is 3. The van der Waals surface area contributed by atoms with Crippen LogP contribution in [0.1, 0.15) is 13.3 Å². The van der Waals surface area contributed by atoms with Crippen LogP contribution < -0.4 is 0 Å². The maximum atomic E-state index is 4.86. The first-order chi connectivity index (χ1) is 10.4. The van der Waals surface area contributed by atoms with Crippen molar-refractivity contribution in [1.82, 2.24) is 14.0 Å². The van der Waals surface area contributed by atoms with E-state index in [0.717, 1.165) is 30.0 Å². The molecule has 21 heavy (non-hydrogen) atoms. The second kappa shape index (κ2) is 4.77. The third kappa shape index (κ3) is 1.85. The fourth-order valence-electron chi connectivity index (χ4n) is 2.93. The summed E-state index contributed by atoms with van der Waals surface area (Å²) in [7, 11) is 0. The van der Waals surface area contributed by atoms with Gasteiger partial charge in [0.05, 0.1) is 16.7 Å². The average Bonchev–Trinajstić information content (AvgIpc) is 3.08. The highest BCUT2D eigenvalue weighted by Gasteiger charge is 2.13. The lowest BCUT2D eigenvalue weighted by molar-refractivity contribution is 0.712. The zero-order valence-electron chi connectivity index (χ0n) is 12.0. The molecule has 0 spiro atoms. The van der Waals surface area contributed by atoms with Crippen LogP contribution in [0.4, 0.5) is 0 Å². The summed E-state index contributed by atoms with van der Waals surface area (Å²) in [4.78, 5) is 4.86. The molecule has 0 unspecified atom stereocenters. The second-order valence-electron chi connectivity index (χ2n) is 5.30. The molecular formula is C18H17N3. The molecule has 0 N–H and O–H groups in total. The number of hydrogen-bond acceptors (Lipinski definition) is 1. The van der Waals surface area contributed by atoms with Gasteiger partial charge in [-0.15, -0.1) is 0 Å². The van der Waals surface area contributed by atoms with Gasteiger partial charge in [-0.1, -0.05) is 49.4 Å². The third-order valence-corrected chi connectivity index (χ3v) is 3.88. The van der Waals surface area contributed by atoms with E-state index >= 15 is 0 Å². The quantitative estimate of drug-likeness (QED) is 0.544. The molecule has 4 rings (SSSR count). The Hall–Kier alpha value is -2.55. The molecule has 104 valence electrons. The van der Waals surface area contributed by atoms with E-state index in [0.29, 0.717) is 0 Å². The van der Waals surface area contributed by atoms with E-state index < -0.39 is 0 Å². The van der Waals surface area contributed by atoms with Crippen LogP contribution in [0.2, 0.25) is 0 Å². The molecular weight excluding hydrogens is 258 g/mol. The van der Waals surface area contributed by atoms with Crippen LogP contribution in [0.25, 0.3) is 28.1 Å². The number of aromatic nitrogens is 3. The Labute approximate surface area is 123 Å². The monoisotopic (exact) mass is 275 g/mol. The van der Waals surface area contributed by atoms with Gasteiger partial charge in [0, 0.05) is 18.3 Å². The smallest absolute Gasteiger partial charge is 0.215 e. The molecule has 0 saturated heterocycles. The summed E-state index contributed by atoms with van der Waals surface area (Å²) in [5.41, 5.74) is 4.66. The molecule has 0 aliphatic rings. The lowest BCUT2D eigenvalue weighted by atomic mass is 10.2. The van der Waals surface area contributed by atoms with Gasteiger partial charge in [-0.25, -0.2) is 4.98 Å². The highest BCUT2D eigenvalue weighted by molar-refractivity contribution is 5.82. The van der Waals surface area contributed by atoms with Gasteiger partial charge in [0.1, 0.15) is 0 Å². The van der Waals surface area contributed by atoms with Crippen LogP contribution in [0, 0.1) is 0 Å². The third-order valence-electron chi connectivity index (χ3n) is 3.88. The number of hydrogen-bond donors (Lipinski definition) is 0. The highest BCUT2D eigenvalue weighted by Crippen LogP contribution is 2.25. The topological polar surface area (TPSA) is 22.2 Å². The summed E-state index contributed by atoms with van der Waals surface area (Å²) in [6, 6.07) is 18.8. The van der Waals surface area contributed by atoms with Crippen LogP contribution in [0.15, 0.2) is 60.8 Å². The van der Waals surface area contributed by atoms with E-state index in [1.807, 2.05) is 6.07 Å². The Balaban J connectivity index is 2.01. The molecule has 0 fully saturated rings. The molecule has 0 saturated carbocycles. The van der Waals surface area contributed by atoms with Gasteiger partial charge in [-0.2, -0.15) is 0 Å². The number of fused-ring (bicyclic) bond motifs is 3. The van der Waals surface area contributed by atoms with Crippen molar-refractivity contribution >= 4 is 16.8 Å². The number of rotatable bonds is 3. The van der Waals surface area contributed by atoms with Gasteiger partial charge >= 0.3 is 0 Å². The van der Waals surface area contributed by atoms with Crippen molar-refractivity contribution < 1.29 is 0 Å². The highest BCUT2D eigenvalue weighted by atomic mass is 15.2. The standard InChI is InChI=1S/C18H17N3/c1-2-12-20-16-10-6-7-11-17(16)21-13-15(19-18(20)21)14-8-4-3-5-9-14/h3-11,13H,2,12H2,1H3. The summed E-state index contributed by atoms with van der Waals surface area (Å²) in [5.74, 6) is 1.02. The van der Waals surface area contributed by atoms with E-state index in [-0.39, 0.29) is 0 Å². The summed E-state index contributed by atoms with van der Waals surface area (Å²) in [6.45, 7) is 3.19. The number of benzene rings is 2. The molecule has 2 heterocycles. The maximum absolute atomic E-state index is 4.86. The second-order valence-corrected chi connectivity index (χ2v) is 5.30. The van der Waals surface area contributed by atoms with E-state index in [1.165, 1.54) is 11.0 Å². The number of para-hydroxylation sites is 2. The minimum Gasteiger partial charge on any atom is -0.310 e. The minimum absolute atomic E-state index is 0.988. The Kier molecular flexibility index (Phi) is 2.78. The fourth-order valence-corrected chi connectivity index (χ4v) is 2.93. The lowest BCUT2D eigenvalue weighted by Gasteiger charge is -2.02. The SMILES string of the molecule is CCCn1c2ccccc2n2cc(-c3ccccc3)nc12. The number of aryl methyl sites for hydroxylation is 1. The van der Waals surface area contributed by atoms with Crippen molar-refractivity contribution in [3.63, 3.8) is 0 Å². The molecule has 0 atom stereocenters. The molecule has 0 aliphatic heterocycles. The molecule has 0 amide bonds. The molecule has 2 aromatic carbocycles. The normalized spacial score (nSPS) is 11.5. The number of imidazole rings is 2. The van der Waals surface area contributed by atoms with Crippen LogP contribution in [0.3, 0.4) is 0 Å². The van der Waals surface area contributed by atoms with Gasteiger partial charge in [0.15, 0.2) is 0 Å². The van der Waals surface area contributed by atoms with Crippen LogP contribution >= 0.6 is 0 Å². The Morgan fingerprint density at radius 3 is 2.38 bits per heavy atom. The molecule has 4 aromatic rings. The summed E-state index contributed by atoms with van der Waals surface area (Å²) in [5, 5.41) is 0. The molecule has 0 aliphatic carbocycles. The van der Waals surface area contributed by atoms with Gasteiger partial charge in [-0.3, -0.25) is 4.40 Å². The molecule has 0 radical (unpaired) electrons. The van der Waals surface area contributed by atoms with E-state index in [2.05, 4.69) is 70.6 Å². The molecule has 0 bridgehead atoms. The van der Waals surface area contributed by atoms with E-state index in [9.17, 15) is 0 Å². The largest absolute Gasteiger partial charge is 0.310 e. The van der Waals surface area contributed by atoms with Gasteiger partial charge in [0.25, 0.3) is 0 Å². The first kappa shape index (κ1) is 12.2. The molecule has 2 aromatic heterocycles. The Morgan fingerprint density at radius 1 is 0.905 bits per heavy atom. The van der Waals surface area contributed by atoms with Crippen molar-refractivity contribution in [2.45, 2.75) is 19.9 Å². The van der Waals surface area contributed by atoms with Crippen molar-refractivity contribution in [2.24, 2.45) is 0 Å². The van der Waals surface area contributed by atoms with Gasteiger partial charge < -0.3 is 4.57 Å².